The number of nitrogens with zero attached hydrogens (tertiary/aromatic N) is 2. The number of methoxy groups -OCH3 is 1. The van der Waals surface area contributed by atoms with E-state index in [4.69, 9.17) is 14.2 Å². The zero-order valence-corrected chi connectivity index (χ0v) is 12.0. The molecule has 1 aliphatic rings. The standard InChI is InChI=1S/C15H16N2O4/c1-3-12-11(15(18)19-2)9-16-17(12)10-4-5-13-14(8-10)21-7-6-20-13/h4-5,8-9H,3,6-7H2,1-2H3. The molecule has 0 atom stereocenters. The van der Waals surface area contributed by atoms with Crippen LogP contribution in [-0.4, -0.2) is 36.1 Å². The van der Waals surface area contributed by atoms with Crippen molar-refractivity contribution in [3.05, 3.63) is 35.7 Å². The fourth-order valence-electron chi connectivity index (χ4n) is 2.38. The van der Waals surface area contributed by atoms with Gasteiger partial charge in [-0.15, -0.1) is 0 Å². The van der Waals surface area contributed by atoms with E-state index >= 15 is 0 Å². The first kappa shape index (κ1) is 13.5. The molecule has 6 heteroatoms. The summed E-state index contributed by atoms with van der Waals surface area (Å²) in [4.78, 5) is 11.8. The van der Waals surface area contributed by atoms with Crippen LogP contribution in [0.5, 0.6) is 11.5 Å². The Labute approximate surface area is 122 Å². The predicted molar refractivity (Wildman–Crippen MR) is 75.3 cm³/mol. The van der Waals surface area contributed by atoms with Gasteiger partial charge in [0.25, 0.3) is 0 Å². The Bertz CT molecular complexity index is 678. The highest BCUT2D eigenvalue weighted by Gasteiger charge is 2.19. The first-order chi connectivity index (χ1) is 10.2. The zero-order valence-electron chi connectivity index (χ0n) is 12.0. The van der Waals surface area contributed by atoms with Crippen molar-refractivity contribution in [2.75, 3.05) is 20.3 Å². The summed E-state index contributed by atoms with van der Waals surface area (Å²) in [6.07, 6.45) is 2.19. The molecule has 1 aromatic carbocycles. The largest absolute Gasteiger partial charge is 0.486 e. The van der Waals surface area contributed by atoms with Gasteiger partial charge in [0.05, 0.1) is 24.7 Å². The monoisotopic (exact) mass is 288 g/mol. The van der Waals surface area contributed by atoms with E-state index in [0.717, 1.165) is 17.1 Å². The quantitative estimate of drug-likeness (QED) is 0.808. The first-order valence-corrected chi connectivity index (χ1v) is 6.79. The second-order valence-corrected chi connectivity index (χ2v) is 4.59. The van der Waals surface area contributed by atoms with E-state index in [-0.39, 0.29) is 5.97 Å². The molecule has 110 valence electrons. The maximum Gasteiger partial charge on any atom is 0.341 e. The highest BCUT2D eigenvalue weighted by Crippen LogP contribution is 2.32. The Kier molecular flexibility index (Phi) is 3.51. The fraction of sp³-hybridized carbons (Fsp3) is 0.333. The molecule has 2 aromatic rings. The van der Waals surface area contributed by atoms with Crippen molar-refractivity contribution in [1.82, 2.24) is 9.78 Å². The lowest BCUT2D eigenvalue weighted by molar-refractivity contribution is 0.0599. The molecular weight excluding hydrogens is 272 g/mol. The topological polar surface area (TPSA) is 62.6 Å². The summed E-state index contributed by atoms with van der Waals surface area (Å²) in [5, 5.41) is 4.29. The van der Waals surface area contributed by atoms with Gasteiger partial charge in [-0.25, -0.2) is 9.48 Å². The lowest BCUT2D eigenvalue weighted by Gasteiger charge is -2.19. The molecule has 0 unspecified atom stereocenters. The minimum Gasteiger partial charge on any atom is -0.486 e. The van der Waals surface area contributed by atoms with Gasteiger partial charge in [-0.2, -0.15) is 5.10 Å². The Morgan fingerprint density at radius 1 is 1.33 bits per heavy atom. The summed E-state index contributed by atoms with van der Waals surface area (Å²) >= 11 is 0. The van der Waals surface area contributed by atoms with Gasteiger partial charge in [-0.05, 0) is 18.6 Å². The zero-order chi connectivity index (χ0) is 14.8. The van der Waals surface area contributed by atoms with Gasteiger partial charge in [0.1, 0.15) is 18.8 Å². The Morgan fingerprint density at radius 2 is 2.10 bits per heavy atom. The molecule has 6 nitrogen and oxygen atoms in total. The number of hydrogen-bond acceptors (Lipinski definition) is 5. The van der Waals surface area contributed by atoms with Crippen molar-refractivity contribution >= 4 is 5.97 Å². The molecule has 0 saturated carbocycles. The van der Waals surface area contributed by atoms with E-state index in [1.165, 1.54) is 13.3 Å². The van der Waals surface area contributed by atoms with E-state index in [2.05, 4.69) is 5.10 Å². The Hall–Kier alpha value is -2.50. The van der Waals surface area contributed by atoms with Crippen LogP contribution < -0.4 is 9.47 Å². The highest BCUT2D eigenvalue weighted by molar-refractivity contribution is 5.90. The summed E-state index contributed by atoms with van der Waals surface area (Å²) in [5.41, 5.74) is 2.11. The van der Waals surface area contributed by atoms with Gasteiger partial charge in [0.15, 0.2) is 11.5 Å². The Balaban J connectivity index is 2.04. The molecule has 1 aliphatic heterocycles. The van der Waals surface area contributed by atoms with E-state index in [9.17, 15) is 4.79 Å². The van der Waals surface area contributed by atoms with E-state index in [0.29, 0.717) is 30.9 Å². The smallest absolute Gasteiger partial charge is 0.341 e. The van der Waals surface area contributed by atoms with Gasteiger partial charge >= 0.3 is 5.97 Å². The molecule has 0 aliphatic carbocycles. The molecule has 0 spiro atoms. The minimum atomic E-state index is -0.379. The van der Waals surface area contributed by atoms with E-state index < -0.39 is 0 Å². The number of aromatic nitrogens is 2. The number of hydrogen-bond donors (Lipinski definition) is 0. The summed E-state index contributed by atoms with van der Waals surface area (Å²) in [6.45, 7) is 3.06. The van der Waals surface area contributed by atoms with Crippen molar-refractivity contribution in [2.24, 2.45) is 0 Å². The summed E-state index contributed by atoms with van der Waals surface area (Å²) < 4.78 is 17.6. The van der Waals surface area contributed by atoms with Crippen LogP contribution in [0.3, 0.4) is 0 Å². The molecule has 0 fully saturated rings. The average Bonchev–Trinajstić information content (AvgIpc) is 2.97. The van der Waals surface area contributed by atoms with Crippen LogP contribution in [0.1, 0.15) is 23.0 Å². The Morgan fingerprint density at radius 3 is 2.81 bits per heavy atom. The third-order valence-corrected chi connectivity index (χ3v) is 3.38. The molecule has 3 rings (SSSR count). The normalized spacial score (nSPS) is 13.0. The predicted octanol–water partition coefficient (Wildman–Crippen LogP) is 1.99. The molecule has 0 amide bonds. The van der Waals surface area contributed by atoms with Gasteiger partial charge < -0.3 is 14.2 Å². The SMILES string of the molecule is CCc1c(C(=O)OC)cnn1-c1ccc2c(c1)OCCO2. The third kappa shape index (κ3) is 2.33. The minimum absolute atomic E-state index is 0.379. The first-order valence-electron chi connectivity index (χ1n) is 6.79. The molecular formula is C15H16N2O4. The van der Waals surface area contributed by atoms with Crippen LogP contribution in [0.25, 0.3) is 5.69 Å². The van der Waals surface area contributed by atoms with E-state index in [1.807, 2.05) is 25.1 Å². The lowest BCUT2D eigenvalue weighted by atomic mass is 10.2. The molecule has 2 heterocycles. The van der Waals surface area contributed by atoms with Gasteiger partial charge in [-0.1, -0.05) is 6.92 Å². The van der Waals surface area contributed by atoms with Crippen LogP contribution in [0.15, 0.2) is 24.4 Å². The van der Waals surface area contributed by atoms with Crippen molar-refractivity contribution in [1.29, 1.82) is 0 Å². The fourth-order valence-corrected chi connectivity index (χ4v) is 2.38. The second kappa shape index (κ2) is 5.47. The number of carbonyl (C=O) groups is 1. The summed E-state index contributed by atoms with van der Waals surface area (Å²) in [5.74, 6) is 1.04. The van der Waals surface area contributed by atoms with Gasteiger partial charge in [-0.3, -0.25) is 0 Å². The number of benzene rings is 1. The molecule has 0 bridgehead atoms. The van der Waals surface area contributed by atoms with Crippen molar-refractivity contribution in [2.45, 2.75) is 13.3 Å². The number of esters is 1. The van der Waals surface area contributed by atoms with Crippen molar-refractivity contribution in [3.63, 3.8) is 0 Å². The molecule has 0 radical (unpaired) electrons. The highest BCUT2D eigenvalue weighted by atomic mass is 16.6. The lowest BCUT2D eigenvalue weighted by Crippen LogP contribution is -2.15. The number of carbonyl (C=O) groups excluding carboxylic acids is 1. The second-order valence-electron chi connectivity index (χ2n) is 4.59. The molecule has 1 aromatic heterocycles. The summed E-state index contributed by atoms with van der Waals surface area (Å²) in [6, 6.07) is 5.60. The molecule has 0 saturated heterocycles. The maximum absolute atomic E-state index is 11.8. The van der Waals surface area contributed by atoms with E-state index in [1.54, 1.807) is 4.68 Å². The molecule has 21 heavy (non-hydrogen) atoms. The van der Waals surface area contributed by atoms with Crippen LogP contribution in [0, 0.1) is 0 Å². The van der Waals surface area contributed by atoms with Gasteiger partial charge in [0, 0.05) is 6.07 Å². The average molecular weight is 288 g/mol. The number of ether oxygens (including phenoxy) is 3. The van der Waals surface area contributed by atoms with Crippen molar-refractivity contribution < 1.29 is 19.0 Å². The van der Waals surface area contributed by atoms with Crippen LogP contribution in [-0.2, 0) is 11.2 Å². The van der Waals surface area contributed by atoms with Crippen LogP contribution in [0.4, 0.5) is 0 Å². The van der Waals surface area contributed by atoms with Crippen molar-refractivity contribution in [3.8, 4) is 17.2 Å². The molecule has 0 N–H and O–H groups in total. The number of rotatable bonds is 3. The maximum atomic E-state index is 11.8. The summed E-state index contributed by atoms with van der Waals surface area (Å²) in [7, 11) is 1.36. The van der Waals surface area contributed by atoms with Gasteiger partial charge in [0.2, 0.25) is 0 Å². The van der Waals surface area contributed by atoms with Crippen LogP contribution >= 0.6 is 0 Å². The van der Waals surface area contributed by atoms with Crippen LogP contribution in [0.2, 0.25) is 0 Å². The number of fused-ring (bicyclic) bond motifs is 1. The third-order valence-electron chi connectivity index (χ3n) is 3.38.